The van der Waals surface area contributed by atoms with Crippen molar-refractivity contribution in [1.82, 2.24) is 4.90 Å². The van der Waals surface area contributed by atoms with Crippen LogP contribution in [0.3, 0.4) is 0 Å². The minimum Gasteiger partial charge on any atom is -0.454 e. The number of halogens is 1. The highest BCUT2D eigenvalue weighted by atomic mass is 19.1. The predicted octanol–water partition coefficient (Wildman–Crippen LogP) is 5.02. The number of alkyl halides is 1. The third-order valence-electron chi connectivity index (χ3n) is 10.9. The Labute approximate surface area is 264 Å². The Balaban J connectivity index is 1.17. The van der Waals surface area contributed by atoms with E-state index in [-0.39, 0.29) is 53.8 Å². The van der Waals surface area contributed by atoms with Gasteiger partial charge in [-0.2, -0.15) is 0 Å². The molecule has 4 atom stereocenters. The van der Waals surface area contributed by atoms with Crippen molar-refractivity contribution in [2.45, 2.75) is 94.9 Å². The molecule has 2 aliphatic carbocycles. The molecule has 10 heteroatoms. The van der Waals surface area contributed by atoms with Gasteiger partial charge in [0.25, 0.3) is 0 Å². The summed E-state index contributed by atoms with van der Waals surface area (Å²) in [7, 11) is 1.76. The van der Waals surface area contributed by atoms with E-state index in [1.165, 1.54) is 0 Å². The summed E-state index contributed by atoms with van der Waals surface area (Å²) in [6, 6.07) is 6.27. The summed E-state index contributed by atoms with van der Waals surface area (Å²) in [5.41, 5.74) is 7.34. The first-order valence-corrected chi connectivity index (χ1v) is 16.8. The number of rotatable bonds is 10. The third kappa shape index (κ3) is 7.13. The molecule has 0 radical (unpaired) electrons. The second kappa shape index (κ2) is 14.3. The summed E-state index contributed by atoms with van der Waals surface area (Å²) in [4.78, 5) is 42.7. The lowest BCUT2D eigenvalue weighted by atomic mass is 9.74. The first kappa shape index (κ1) is 32.1. The molecule has 9 nitrogen and oxygen atoms in total. The van der Waals surface area contributed by atoms with E-state index in [0.29, 0.717) is 50.5 Å². The van der Waals surface area contributed by atoms with E-state index >= 15 is 0 Å². The van der Waals surface area contributed by atoms with Crippen molar-refractivity contribution in [2.75, 3.05) is 33.5 Å². The van der Waals surface area contributed by atoms with Crippen molar-refractivity contribution < 1.29 is 37.4 Å². The summed E-state index contributed by atoms with van der Waals surface area (Å²) in [5, 5.41) is 0.729. The molecule has 2 aromatic rings. The standard InChI is InChI=1S/C35H47FN2O7/c1-42-26-9-7-22(8-10-26)28-12-14-38(34(40)24-5-3-23(4-6-24)29(37)19-36)33(28)30(39)17-21-2-11-31-25(16-21)18-32(45-31)35(41)44-27-13-15-43-20-27/h2,11,16,18,22-24,26-29,33H,3-10,12-15,17,19-20,37H2,1H3/t22?,23?,24?,26?,27?,28-,29+,33-/m0/s1. The minimum atomic E-state index is -0.537. The van der Waals surface area contributed by atoms with Crippen molar-refractivity contribution in [2.24, 2.45) is 29.4 Å². The average Bonchev–Trinajstić information content (AvgIpc) is 3.84. The van der Waals surface area contributed by atoms with Crippen LogP contribution in [0, 0.1) is 23.7 Å². The van der Waals surface area contributed by atoms with E-state index in [1.54, 1.807) is 19.2 Å². The molecule has 3 heterocycles. The Morgan fingerprint density at radius 2 is 1.78 bits per heavy atom. The van der Waals surface area contributed by atoms with Crippen molar-refractivity contribution in [1.29, 1.82) is 0 Å². The molecule has 4 aliphatic rings. The number of ketones is 1. The molecule has 2 aliphatic heterocycles. The quantitative estimate of drug-likeness (QED) is 0.365. The molecule has 1 amide bonds. The van der Waals surface area contributed by atoms with Crippen LogP contribution in [0.15, 0.2) is 28.7 Å². The largest absolute Gasteiger partial charge is 0.454 e. The Morgan fingerprint density at radius 1 is 1.00 bits per heavy atom. The van der Waals surface area contributed by atoms with Gasteiger partial charge in [-0.15, -0.1) is 0 Å². The topological polar surface area (TPSA) is 121 Å². The van der Waals surface area contributed by atoms with Gasteiger partial charge in [0.2, 0.25) is 11.7 Å². The number of hydrogen-bond acceptors (Lipinski definition) is 8. The average molecular weight is 627 g/mol. The van der Waals surface area contributed by atoms with E-state index in [1.807, 2.05) is 17.0 Å². The number of carbonyl (C=O) groups excluding carboxylic acids is 3. The number of nitrogens with two attached hydrogens (primary N) is 1. The van der Waals surface area contributed by atoms with E-state index in [0.717, 1.165) is 55.9 Å². The zero-order valence-corrected chi connectivity index (χ0v) is 26.3. The highest BCUT2D eigenvalue weighted by Gasteiger charge is 2.47. The molecule has 1 unspecified atom stereocenters. The summed E-state index contributed by atoms with van der Waals surface area (Å²) in [6.45, 7) is 1.02. The number of benzene rings is 1. The monoisotopic (exact) mass is 626 g/mol. The van der Waals surface area contributed by atoms with Crippen molar-refractivity contribution >= 4 is 28.6 Å². The maximum atomic E-state index is 14.2. The number of amides is 1. The molecule has 246 valence electrons. The first-order valence-electron chi connectivity index (χ1n) is 16.8. The summed E-state index contributed by atoms with van der Waals surface area (Å²) < 4.78 is 35.3. The van der Waals surface area contributed by atoms with E-state index in [9.17, 15) is 18.8 Å². The van der Waals surface area contributed by atoms with Gasteiger partial charge in [0.15, 0.2) is 5.78 Å². The Morgan fingerprint density at radius 3 is 2.47 bits per heavy atom. The van der Waals surface area contributed by atoms with Gasteiger partial charge in [-0.05, 0) is 99.3 Å². The van der Waals surface area contributed by atoms with Crippen LogP contribution in [0.1, 0.15) is 80.3 Å². The highest BCUT2D eigenvalue weighted by molar-refractivity contribution is 5.94. The van der Waals surface area contributed by atoms with E-state index < -0.39 is 24.7 Å². The van der Waals surface area contributed by atoms with Gasteiger partial charge in [-0.1, -0.05) is 6.07 Å². The number of fused-ring (bicyclic) bond motifs is 1. The summed E-state index contributed by atoms with van der Waals surface area (Å²) in [5.74, 6) is 0.170. The lowest BCUT2D eigenvalue weighted by Gasteiger charge is -2.37. The van der Waals surface area contributed by atoms with Crippen LogP contribution in [0.4, 0.5) is 4.39 Å². The minimum absolute atomic E-state index is 0.0524. The van der Waals surface area contributed by atoms with Crippen LogP contribution in [-0.2, 0) is 30.2 Å². The van der Waals surface area contributed by atoms with Gasteiger partial charge >= 0.3 is 5.97 Å². The molecule has 0 bridgehead atoms. The number of esters is 1. The molecule has 6 rings (SSSR count). The fourth-order valence-corrected chi connectivity index (χ4v) is 8.30. The molecular weight excluding hydrogens is 579 g/mol. The second-order valence-electron chi connectivity index (χ2n) is 13.6. The third-order valence-corrected chi connectivity index (χ3v) is 10.9. The normalized spacial score (nSPS) is 31.3. The molecular formula is C35H47FN2O7. The summed E-state index contributed by atoms with van der Waals surface area (Å²) >= 11 is 0. The van der Waals surface area contributed by atoms with Crippen LogP contribution in [0.2, 0.25) is 0 Å². The summed E-state index contributed by atoms with van der Waals surface area (Å²) in [6.07, 6.45) is 8.47. The van der Waals surface area contributed by atoms with Crippen molar-refractivity contribution in [3.05, 3.63) is 35.6 Å². The molecule has 0 spiro atoms. The number of likely N-dealkylation sites (tertiary alicyclic amines) is 1. The Kier molecular flexibility index (Phi) is 10.2. The molecule has 2 N–H and O–H groups in total. The van der Waals surface area contributed by atoms with Crippen LogP contribution >= 0.6 is 0 Å². The molecule has 1 aromatic heterocycles. The molecule has 2 saturated heterocycles. The number of carbonyl (C=O) groups is 3. The lowest BCUT2D eigenvalue weighted by molar-refractivity contribution is -0.143. The first-order chi connectivity index (χ1) is 21.8. The SMILES string of the molecule is COC1CCC([C@@H]2CCN(C(=O)C3CCC([C@H](N)CF)CC3)[C@@H]2C(=O)Cc2ccc3oc(C(=O)OC4CCOC4)cc3c2)CC1. The van der Waals surface area contributed by atoms with Gasteiger partial charge < -0.3 is 29.3 Å². The number of Topliss-reactive ketones (excluding diaryl/α,β-unsaturated/α-hetero) is 1. The van der Waals surface area contributed by atoms with E-state index in [2.05, 4.69) is 0 Å². The lowest BCUT2D eigenvalue weighted by Crippen LogP contribution is -2.48. The molecule has 45 heavy (non-hydrogen) atoms. The molecule has 1 aromatic carbocycles. The maximum absolute atomic E-state index is 14.2. The number of methoxy groups -OCH3 is 1. The number of ether oxygens (including phenoxy) is 3. The van der Waals surface area contributed by atoms with Crippen LogP contribution in [-0.4, -0.2) is 80.4 Å². The van der Waals surface area contributed by atoms with Gasteiger partial charge in [0.05, 0.1) is 25.4 Å². The fourth-order valence-electron chi connectivity index (χ4n) is 8.30. The zero-order valence-electron chi connectivity index (χ0n) is 26.3. The van der Waals surface area contributed by atoms with E-state index in [4.69, 9.17) is 24.4 Å². The number of nitrogens with zero attached hydrogens (tertiary/aromatic N) is 1. The zero-order chi connectivity index (χ0) is 31.5. The fraction of sp³-hybridized carbons (Fsp3) is 0.686. The van der Waals surface area contributed by atoms with Crippen LogP contribution in [0.25, 0.3) is 11.0 Å². The molecule has 4 fully saturated rings. The van der Waals surface area contributed by atoms with Crippen molar-refractivity contribution in [3.8, 4) is 0 Å². The predicted molar refractivity (Wildman–Crippen MR) is 165 cm³/mol. The van der Waals surface area contributed by atoms with Gasteiger partial charge in [0.1, 0.15) is 18.4 Å². The highest BCUT2D eigenvalue weighted by Crippen LogP contribution is 2.42. The van der Waals surface area contributed by atoms with Gasteiger partial charge in [0, 0.05) is 43.8 Å². The second-order valence-corrected chi connectivity index (χ2v) is 13.6. The molecule has 2 saturated carbocycles. The number of hydrogen-bond donors (Lipinski definition) is 1. The smallest absolute Gasteiger partial charge is 0.374 e. The van der Waals surface area contributed by atoms with Gasteiger partial charge in [-0.3, -0.25) is 9.59 Å². The van der Waals surface area contributed by atoms with Gasteiger partial charge in [-0.25, -0.2) is 9.18 Å². The number of furan rings is 1. The maximum Gasteiger partial charge on any atom is 0.374 e. The van der Waals surface area contributed by atoms with Crippen LogP contribution in [0.5, 0.6) is 0 Å². The Hall–Kier alpha value is -2.82. The van der Waals surface area contributed by atoms with Crippen molar-refractivity contribution in [3.63, 3.8) is 0 Å². The Bertz CT molecular complexity index is 1340. The van der Waals surface area contributed by atoms with Crippen LogP contribution < -0.4 is 5.73 Å².